The van der Waals surface area contributed by atoms with Gasteiger partial charge in [0.2, 0.25) is 0 Å². The summed E-state index contributed by atoms with van der Waals surface area (Å²) < 4.78 is 39.0. The van der Waals surface area contributed by atoms with Crippen LogP contribution in [0, 0.1) is 0 Å². The van der Waals surface area contributed by atoms with Crippen LogP contribution in [-0.2, 0) is 0 Å². The van der Waals surface area contributed by atoms with Crippen LogP contribution < -0.4 is 14.2 Å². The van der Waals surface area contributed by atoms with Gasteiger partial charge in [-0.2, -0.15) is 8.78 Å². The summed E-state index contributed by atoms with van der Waals surface area (Å²) in [6, 6.07) is 11.1. The first-order chi connectivity index (χ1) is 11.5. The molecule has 0 unspecified atom stereocenters. The van der Waals surface area contributed by atoms with Crippen molar-refractivity contribution in [2.75, 3.05) is 14.2 Å². The summed E-state index contributed by atoms with van der Waals surface area (Å²) in [5, 5.41) is 0. The maximum absolute atomic E-state index is 12.3. The summed E-state index contributed by atoms with van der Waals surface area (Å²) in [4.78, 5) is 12.1. The second-order valence-corrected chi connectivity index (χ2v) is 4.71. The third-order valence-electron chi connectivity index (χ3n) is 3.21. The zero-order valence-electron chi connectivity index (χ0n) is 13.2. The number of carbonyl (C=O) groups excluding carboxylic acids is 1. The van der Waals surface area contributed by atoms with E-state index in [-0.39, 0.29) is 17.3 Å². The molecule has 126 valence electrons. The normalized spacial score (nSPS) is 10.9. The van der Waals surface area contributed by atoms with Crippen molar-refractivity contribution in [3.63, 3.8) is 0 Å². The van der Waals surface area contributed by atoms with Crippen molar-refractivity contribution in [2.45, 2.75) is 6.61 Å². The van der Waals surface area contributed by atoms with Gasteiger partial charge >= 0.3 is 6.61 Å². The van der Waals surface area contributed by atoms with Crippen molar-refractivity contribution in [2.24, 2.45) is 0 Å². The van der Waals surface area contributed by atoms with E-state index in [2.05, 4.69) is 4.74 Å². The SMILES string of the molecule is COc1ccc(C(=O)C=Cc2ccc(OC(F)F)c(OC)c2)cc1. The lowest BCUT2D eigenvalue weighted by Crippen LogP contribution is -2.03. The lowest BCUT2D eigenvalue weighted by molar-refractivity contribution is -0.0512. The van der Waals surface area contributed by atoms with Gasteiger partial charge in [0.15, 0.2) is 17.3 Å². The van der Waals surface area contributed by atoms with Crippen molar-refractivity contribution in [3.8, 4) is 17.2 Å². The topological polar surface area (TPSA) is 44.8 Å². The van der Waals surface area contributed by atoms with Crippen molar-refractivity contribution in [1.82, 2.24) is 0 Å². The van der Waals surface area contributed by atoms with Gasteiger partial charge in [-0.25, -0.2) is 0 Å². The molecule has 0 aliphatic rings. The van der Waals surface area contributed by atoms with Crippen LogP contribution in [0.15, 0.2) is 48.5 Å². The Morgan fingerprint density at radius 2 is 1.71 bits per heavy atom. The minimum atomic E-state index is -2.93. The molecule has 0 radical (unpaired) electrons. The van der Waals surface area contributed by atoms with Gasteiger partial charge in [-0.3, -0.25) is 4.79 Å². The fourth-order valence-corrected chi connectivity index (χ4v) is 2.00. The number of carbonyl (C=O) groups is 1. The number of hydrogen-bond acceptors (Lipinski definition) is 4. The molecule has 6 heteroatoms. The summed E-state index contributed by atoms with van der Waals surface area (Å²) in [7, 11) is 2.90. The second-order valence-electron chi connectivity index (χ2n) is 4.71. The van der Waals surface area contributed by atoms with E-state index in [1.54, 1.807) is 43.5 Å². The summed E-state index contributed by atoms with van der Waals surface area (Å²) in [6.45, 7) is -2.93. The van der Waals surface area contributed by atoms with E-state index in [1.165, 1.54) is 25.3 Å². The van der Waals surface area contributed by atoms with Gasteiger partial charge in [-0.15, -0.1) is 0 Å². The van der Waals surface area contributed by atoms with Crippen molar-refractivity contribution in [3.05, 3.63) is 59.7 Å². The highest BCUT2D eigenvalue weighted by Gasteiger charge is 2.10. The Balaban J connectivity index is 2.14. The number of methoxy groups -OCH3 is 2. The van der Waals surface area contributed by atoms with Crippen LogP contribution in [0.2, 0.25) is 0 Å². The van der Waals surface area contributed by atoms with Gasteiger partial charge in [-0.05, 0) is 48.0 Å². The van der Waals surface area contributed by atoms with Crippen LogP contribution in [-0.4, -0.2) is 26.6 Å². The molecule has 0 saturated carbocycles. The molecule has 0 fully saturated rings. The molecule has 4 nitrogen and oxygen atoms in total. The lowest BCUT2D eigenvalue weighted by atomic mass is 10.1. The lowest BCUT2D eigenvalue weighted by Gasteiger charge is -2.10. The van der Waals surface area contributed by atoms with Gasteiger partial charge in [0, 0.05) is 5.56 Å². The average molecular weight is 334 g/mol. The predicted molar refractivity (Wildman–Crippen MR) is 86.0 cm³/mol. The molecule has 0 heterocycles. The number of hydrogen-bond donors (Lipinski definition) is 0. The number of benzene rings is 2. The van der Waals surface area contributed by atoms with Crippen LogP contribution in [0.4, 0.5) is 8.78 Å². The molecule has 2 aromatic carbocycles. The molecule has 0 spiro atoms. The number of ether oxygens (including phenoxy) is 3. The molecular weight excluding hydrogens is 318 g/mol. The smallest absolute Gasteiger partial charge is 0.387 e. The van der Waals surface area contributed by atoms with Gasteiger partial charge < -0.3 is 14.2 Å². The number of allylic oxidation sites excluding steroid dienone is 1. The molecule has 0 atom stereocenters. The maximum Gasteiger partial charge on any atom is 0.387 e. The Morgan fingerprint density at radius 1 is 1.00 bits per heavy atom. The zero-order chi connectivity index (χ0) is 17.5. The number of alkyl halides is 2. The van der Waals surface area contributed by atoms with Crippen LogP contribution in [0.3, 0.4) is 0 Å². The van der Waals surface area contributed by atoms with E-state index in [0.29, 0.717) is 16.9 Å². The molecule has 24 heavy (non-hydrogen) atoms. The Hall–Kier alpha value is -2.89. The fraction of sp³-hybridized carbons (Fsp3) is 0.167. The minimum absolute atomic E-state index is 0.0638. The number of ketones is 1. The number of halogens is 2. The van der Waals surface area contributed by atoms with Crippen LogP contribution in [0.1, 0.15) is 15.9 Å². The third-order valence-corrected chi connectivity index (χ3v) is 3.21. The molecule has 0 aliphatic carbocycles. The Labute approximate surface area is 138 Å². The van der Waals surface area contributed by atoms with Crippen molar-refractivity contribution in [1.29, 1.82) is 0 Å². The zero-order valence-corrected chi connectivity index (χ0v) is 13.2. The standard InChI is InChI=1S/C18H16F2O4/c1-22-14-7-5-13(6-8-14)15(21)9-3-12-4-10-16(24-18(19)20)17(11-12)23-2/h3-11,18H,1-2H3. The molecular formula is C18H16F2O4. The largest absolute Gasteiger partial charge is 0.497 e. The summed E-state index contributed by atoms with van der Waals surface area (Å²) >= 11 is 0. The first kappa shape index (κ1) is 17.5. The second kappa shape index (κ2) is 8.10. The Bertz CT molecular complexity index is 724. The van der Waals surface area contributed by atoms with Crippen molar-refractivity contribution < 1.29 is 27.8 Å². The van der Waals surface area contributed by atoms with E-state index in [1.807, 2.05) is 0 Å². The summed E-state index contributed by atoms with van der Waals surface area (Å²) in [5.74, 6) is 0.569. The molecule has 0 aromatic heterocycles. The molecule has 0 saturated heterocycles. The van der Waals surface area contributed by atoms with E-state index in [9.17, 15) is 13.6 Å². The highest BCUT2D eigenvalue weighted by molar-refractivity contribution is 6.06. The highest BCUT2D eigenvalue weighted by Crippen LogP contribution is 2.29. The fourth-order valence-electron chi connectivity index (χ4n) is 2.00. The van der Waals surface area contributed by atoms with Gasteiger partial charge in [-0.1, -0.05) is 12.1 Å². The van der Waals surface area contributed by atoms with Gasteiger partial charge in [0.25, 0.3) is 0 Å². The summed E-state index contributed by atoms with van der Waals surface area (Å²) in [5.41, 5.74) is 1.13. The van der Waals surface area contributed by atoms with Crippen LogP contribution in [0.5, 0.6) is 17.2 Å². The average Bonchev–Trinajstić information content (AvgIpc) is 2.60. The van der Waals surface area contributed by atoms with Crippen LogP contribution in [0.25, 0.3) is 6.08 Å². The third kappa shape index (κ3) is 4.55. The first-order valence-corrected chi connectivity index (χ1v) is 7.03. The van der Waals surface area contributed by atoms with E-state index in [4.69, 9.17) is 9.47 Å². The van der Waals surface area contributed by atoms with E-state index in [0.717, 1.165) is 0 Å². The van der Waals surface area contributed by atoms with E-state index < -0.39 is 6.61 Å². The highest BCUT2D eigenvalue weighted by atomic mass is 19.3. The van der Waals surface area contributed by atoms with Crippen molar-refractivity contribution >= 4 is 11.9 Å². The predicted octanol–water partition coefficient (Wildman–Crippen LogP) is 4.20. The molecule has 0 bridgehead atoms. The quantitative estimate of drug-likeness (QED) is 0.562. The minimum Gasteiger partial charge on any atom is -0.497 e. The first-order valence-electron chi connectivity index (χ1n) is 7.03. The van der Waals surface area contributed by atoms with Crippen LogP contribution >= 0.6 is 0 Å². The molecule has 2 rings (SSSR count). The van der Waals surface area contributed by atoms with E-state index >= 15 is 0 Å². The summed E-state index contributed by atoms with van der Waals surface area (Å²) in [6.07, 6.45) is 2.96. The Morgan fingerprint density at radius 3 is 2.29 bits per heavy atom. The molecule has 2 aromatic rings. The monoisotopic (exact) mass is 334 g/mol. The molecule has 0 aliphatic heterocycles. The molecule has 0 amide bonds. The van der Waals surface area contributed by atoms with Gasteiger partial charge in [0.1, 0.15) is 5.75 Å². The maximum atomic E-state index is 12.3. The molecule has 0 N–H and O–H groups in total. The Kier molecular flexibility index (Phi) is 5.89. The van der Waals surface area contributed by atoms with Gasteiger partial charge in [0.05, 0.1) is 14.2 Å². The number of rotatable bonds is 7.